The van der Waals surface area contributed by atoms with E-state index in [1.54, 1.807) is 0 Å². The van der Waals surface area contributed by atoms with E-state index in [9.17, 15) is 10.1 Å². The molecule has 92 valence electrons. The summed E-state index contributed by atoms with van der Waals surface area (Å²) in [4.78, 5) is 13.9. The van der Waals surface area contributed by atoms with Crippen LogP contribution < -0.4 is 15.8 Å². The van der Waals surface area contributed by atoms with Crippen LogP contribution in [0.5, 0.6) is 5.88 Å². The van der Waals surface area contributed by atoms with Crippen LogP contribution in [0.1, 0.15) is 12.8 Å². The number of nitrogen functional groups attached to an aromatic ring is 1. The van der Waals surface area contributed by atoms with Crippen LogP contribution in [0.15, 0.2) is 12.1 Å². The minimum absolute atomic E-state index is 0.101. The highest BCUT2D eigenvalue weighted by Crippen LogP contribution is 2.23. The standard InChI is InChI=1S/C10H14N4O3/c11-10-8(14(15)16)1-2-9(13-10)17-7-3-5-12-6-4-7/h1-2,7,12H,3-6H2,(H2,11,13). The topological polar surface area (TPSA) is 103 Å². The Morgan fingerprint density at radius 3 is 2.76 bits per heavy atom. The molecule has 0 amide bonds. The molecule has 0 aromatic carbocycles. The van der Waals surface area contributed by atoms with Crippen molar-refractivity contribution in [1.82, 2.24) is 10.3 Å². The predicted molar refractivity (Wildman–Crippen MR) is 61.8 cm³/mol. The molecule has 1 aromatic rings. The molecule has 1 saturated heterocycles. The van der Waals surface area contributed by atoms with Crippen LogP contribution in [-0.2, 0) is 0 Å². The SMILES string of the molecule is Nc1nc(OC2CCNCC2)ccc1[N+](=O)[O-]. The number of piperidine rings is 1. The highest BCUT2D eigenvalue weighted by Gasteiger charge is 2.17. The number of nitrogens with two attached hydrogens (primary N) is 1. The Balaban J connectivity index is 2.06. The highest BCUT2D eigenvalue weighted by atomic mass is 16.6. The normalized spacial score (nSPS) is 16.7. The average Bonchev–Trinajstić information content (AvgIpc) is 2.30. The number of aromatic nitrogens is 1. The van der Waals surface area contributed by atoms with Gasteiger partial charge in [-0.05, 0) is 25.9 Å². The number of nitro groups is 1. The zero-order chi connectivity index (χ0) is 12.3. The molecule has 17 heavy (non-hydrogen) atoms. The van der Waals surface area contributed by atoms with Crippen LogP contribution in [0.3, 0.4) is 0 Å². The summed E-state index contributed by atoms with van der Waals surface area (Å²) in [5.74, 6) is 0.237. The lowest BCUT2D eigenvalue weighted by atomic mass is 10.1. The van der Waals surface area contributed by atoms with Crippen molar-refractivity contribution in [1.29, 1.82) is 0 Å². The first-order valence-electron chi connectivity index (χ1n) is 5.45. The van der Waals surface area contributed by atoms with Gasteiger partial charge in [-0.1, -0.05) is 0 Å². The fraction of sp³-hybridized carbons (Fsp3) is 0.500. The second-order valence-corrected chi connectivity index (χ2v) is 3.88. The first kappa shape index (κ1) is 11.6. The summed E-state index contributed by atoms with van der Waals surface area (Å²) < 4.78 is 5.62. The Hall–Kier alpha value is -1.89. The number of rotatable bonds is 3. The smallest absolute Gasteiger partial charge is 0.311 e. The molecule has 1 aromatic heterocycles. The number of anilines is 1. The minimum Gasteiger partial charge on any atom is -0.474 e. The fourth-order valence-electron chi connectivity index (χ4n) is 1.75. The lowest BCUT2D eigenvalue weighted by molar-refractivity contribution is -0.384. The second-order valence-electron chi connectivity index (χ2n) is 3.88. The molecule has 2 rings (SSSR count). The maximum atomic E-state index is 10.6. The van der Waals surface area contributed by atoms with Crippen molar-refractivity contribution in [3.63, 3.8) is 0 Å². The van der Waals surface area contributed by atoms with E-state index in [0.717, 1.165) is 25.9 Å². The molecule has 1 aliphatic heterocycles. The lowest BCUT2D eigenvalue weighted by Crippen LogP contribution is -2.34. The van der Waals surface area contributed by atoms with Gasteiger partial charge in [-0.25, -0.2) is 0 Å². The summed E-state index contributed by atoms with van der Waals surface area (Å²) in [6.07, 6.45) is 1.90. The molecular weight excluding hydrogens is 224 g/mol. The van der Waals surface area contributed by atoms with Gasteiger partial charge in [0.2, 0.25) is 11.7 Å². The van der Waals surface area contributed by atoms with Gasteiger partial charge in [0.25, 0.3) is 0 Å². The molecule has 0 spiro atoms. The summed E-state index contributed by atoms with van der Waals surface area (Å²) in [5.41, 5.74) is 5.29. The zero-order valence-corrected chi connectivity index (χ0v) is 9.26. The molecule has 0 radical (unpaired) electrons. The second kappa shape index (κ2) is 4.96. The summed E-state index contributed by atoms with van der Waals surface area (Å²) >= 11 is 0. The summed E-state index contributed by atoms with van der Waals surface area (Å²) in [6.45, 7) is 1.82. The first-order valence-corrected chi connectivity index (χ1v) is 5.45. The third-order valence-electron chi connectivity index (χ3n) is 2.65. The van der Waals surface area contributed by atoms with Crippen molar-refractivity contribution in [3.05, 3.63) is 22.2 Å². The van der Waals surface area contributed by atoms with E-state index in [1.807, 2.05) is 0 Å². The highest BCUT2D eigenvalue weighted by molar-refractivity contribution is 5.53. The van der Waals surface area contributed by atoms with Crippen molar-refractivity contribution in [2.45, 2.75) is 18.9 Å². The van der Waals surface area contributed by atoms with Gasteiger partial charge in [-0.15, -0.1) is 0 Å². The van der Waals surface area contributed by atoms with E-state index < -0.39 is 4.92 Å². The van der Waals surface area contributed by atoms with E-state index in [1.165, 1.54) is 12.1 Å². The number of hydrogen-bond donors (Lipinski definition) is 2. The fourth-order valence-corrected chi connectivity index (χ4v) is 1.75. The first-order chi connectivity index (χ1) is 8.16. The summed E-state index contributed by atoms with van der Waals surface area (Å²) in [6, 6.07) is 2.80. The van der Waals surface area contributed by atoms with E-state index in [0.29, 0.717) is 5.88 Å². The molecule has 0 bridgehead atoms. The maximum Gasteiger partial charge on any atom is 0.311 e. The molecular formula is C10H14N4O3. The van der Waals surface area contributed by atoms with Crippen molar-refractivity contribution < 1.29 is 9.66 Å². The van der Waals surface area contributed by atoms with Gasteiger partial charge in [0.05, 0.1) is 4.92 Å². The Bertz CT molecular complexity index is 418. The van der Waals surface area contributed by atoms with Gasteiger partial charge in [0, 0.05) is 12.1 Å². The van der Waals surface area contributed by atoms with E-state index in [-0.39, 0.29) is 17.6 Å². The van der Waals surface area contributed by atoms with Gasteiger partial charge >= 0.3 is 5.69 Å². The summed E-state index contributed by atoms with van der Waals surface area (Å²) in [5, 5.41) is 13.8. The third kappa shape index (κ3) is 2.82. The van der Waals surface area contributed by atoms with Crippen molar-refractivity contribution >= 4 is 11.5 Å². The lowest BCUT2D eigenvalue weighted by Gasteiger charge is -2.23. The molecule has 7 nitrogen and oxygen atoms in total. The Morgan fingerprint density at radius 1 is 1.47 bits per heavy atom. The van der Waals surface area contributed by atoms with Crippen molar-refractivity contribution in [2.24, 2.45) is 0 Å². The van der Waals surface area contributed by atoms with Gasteiger partial charge in [-0.2, -0.15) is 4.98 Å². The Morgan fingerprint density at radius 2 is 2.18 bits per heavy atom. The van der Waals surface area contributed by atoms with Crippen LogP contribution in [0.2, 0.25) is 0 Å². The third-order valence-corrected chi connectivity index (χ3v) is 2.65. The van der Waals surface area contributed by atoms with Gasteiger partial charge in [0.1, 0.15) is 6.10 Å². The van der Waals surface area contributed by atoms with Crippen LogP contribution in [0.25, 0.3) is 0 Å². The molecule has 1 aliphatic rings. The molecule has 7 heteroatoms. The molecule has 0 atom stereocenters. The van der Waals surface area contributed by atoms with Crippen molar-refractivity contribution in [2.75, 3.05) is 18.8 Å². The number of nitrogens with one attached hydrogen (secondary N) is 1. The molecule has 0 unspecified atom stereocenters. The molecule has 1 fully saturated rings. The van der Waals surface area contributed by atoms with Crippen LogP contribution in [0.4, 0.5) is 11.5 Å². The van der Waals surface area contributed by atoms with Crippen LogP contribution in [-0.4, -0.2) is 29.1 Å². The number of ether oxygens (including phenoxy) is 1. The quantitative estimate of drug-likeness (QED) is 0.593. The summed E-state index contributed by atoms with van der Waals surface area (Å²) in [7, 11) is 0. The zero-order valence-electron chi connectivity index (χ0n) is 9.26. The van der Waals surface area contributed by atoms with E-state index in [4.69, 9.17) is 10.5 Å². The number of nitrogens with zero attached hydrogens (tertiary/aromatic N) is 2. The largest absolute Gasteiger partial charge is 0.474 e. The Kier molecular flexibility index (Phi) is 3.38. The maximum absolute atomic E-state index is 10.6. The van der Waals surface area contributed by atoms with Crippen molar-refractivity contribution in [3.8, 4) is 5.88 Å². The number of hydrogen-bond acceptors (Lipinski definition) is 6. The van der Waals surface area contributed by atoms with Gasteiger partial charge in [-0.3, -0.25) is 10.1 Å². The number of pyridine rings is 1. The average molecular weight is 238 g/mol. The van der Waals surface area contributed by atoms with Crippen LogP contribution in [0, 0.1) is 10.1 Å². The Labute approximate surface area is 98.1 Å². The van der Waals surface area contributed by atoms with Crippen LogP contribution >= 0.6 is 0 Å². The molecule has 0 aliphatic carbocycles. The van der Waals surface area contributed by atoms with E-state index in [2.05, 4.69) is 10.3 Å². The van der Waals surface area contributed by atoms with E-state index >= 15 is 0 Å². The molecule has 3 N–H and O–H groups in total. The monoisotopic (exact) mass is 238 g/mol. The predicted octanol–water partition coefficient (Wildman–Crippen LogP) is 0.703. The van der Waals surface area contributed by atoms with Gasteiger partial charge < -0.3 is 15.8 Å². The minimum atomic E-state index is -0.559. The molecule has 2 heterocycles. The molecule has 0 saturated carbocycles. The van der Waals surface area contributed by atoms with Gasteiger partial charge in [0.15, 0.2) is 0 Å².